The van der Waals surface area contributed by atoms with Crippen molar-refractivity contribution in [1.82, 2.24) is 9.97 Å². The van der Waals surface area contributed by atoms with Gasteiger partial charge in [0.25, 0.3) is 0 Å². The molecular weight excluding hydrogens is 295 g/mol. The van der Waals surface area contributed by atoms with Crippen LogP contribution in [-0.2, 0) is 6.42 Å². The van der Waals surface area contributed by atoms with Crippen molar-refractivity contribution >= 4 is 34.8 Å². The molecule has 0 bridgehead atoms. The number of halogens is 2. The third kappa shape index (κ3) is 3.52. The molecule has 0 aliphatic carbocycles. The lowest BCUT2D eigenvalue weighted by Gasteiger charge is -2.20. The van der Waals surface area contributed by atoms with Crippen molar-refractivity contribution in [2.75, 3.05) is 30.9 Å². The van der Waals surface area contributed by atoms with E-state index >= 15 is 0 Å². The van der Waals surface area contributed by atoms with E-state index in [1.54, 1.807) is 19.3 Å². The van der Waals surface area contributed by atoms with Crippen molar-refractivity contribution < 1.29 is 0 Å². The molecule has 0 aliphatic rings. The van der Waals surface area contributed by atoms with E-state index in [0.29, 0.717) is 21.7 Å². The second kappa shape index (κ2) is 6.77. The van der Waals surface area contributed by atoms with Crippen molar-refractivity contribution in [3.05, 3.63) is 46.2 Å². The third-order valence-electron chi connectivity index (χ3n) is 2.94. The highest BCUT2D eigenvalue weighted by Crippen LogP contribution is 2.30. The Hall–Kier alpha value is -1.52. The maximum absolute atomic E-state index is 6.20. The van der Waals surface area contributed by atoms with E-state index in [9.17, 15) is 0 Å². The van der Waals surface area contributed by atoms with Gasteiger partial charge in [-0.05, 0) is 18.2 Å². The Morgan fingerprint density at radius 2 is 2.05 bits per heavy atom. The van der Waals surface area contributed by atoms with E-state index in [4.69, 9.17) is 23.2 Å². The number of hydrogen-bond acceptors (Lipinski definition) is 4. The number of pyridine rings is 2. The van der Waals surface area contributed by atoms with Crippen LogP contribution in [0, 0.1) is 0 Å². The largest absolute Gasteiger partial charge is 0.372 e. The topological polar surface area (TPSA) is 41.1 Å². The molecule has 6 heteroatoms. The Labute approximate surface area is 128 Å². The third-order valence-corrected chi connectivity index (χ3v) is 3.51. The lowest BCUT2D eigenvalue weighted by Crippen LogP contribution is -2.22. The van der Waals surface area contributed by atoms with E-state index in [1.807, 2.05) is 30.1 Å². The van der Waals surface area contributed by atoms with Crippen LogP contribution in [0.5, 0.6) is 0 Å². The monoisotopic (exact) mass is 310 g/mol. The first-order valence-corrected chi connectivity index (χ1v) is 7.02. The zero-order valence-electron chi connectivity index (χ0n) is 11.4. The molecule has 0 unspecified atom stereocenters. The molecule has 0 saturated heterocycles. The first-order valence-electron chi connectivity index (χ1n) is 6.26. The molecule has 1 N–H and O–H groups in total. The van der Waals surface area contributed by atoms with Crippen molar-refractivity contribution in [1.29, 1.82) is 0 Å². The molecular formula is C14H16Cl2N4. The van der Waals surface area contributed by atoms with Gasteiger partial charge in [0.15, 0.2) is 0 Å². The minimum absolute atomic E-state index is 0.513. The Bertz CT molecular complexity index is 575. The summed E-state index contributed by atoms with van der Waals surface area (Å²) in [7, 11) is 3.73. The van der Waals surface area contributed by atoms with Crippen LogP contribution >= 0.6 is 23.2 Å². The summed E-state index contributed by atoms with van der Waals surface area (Å²) in [5, 5.41) is 4.00. The zero-order chi connectivity index (χ0) is 14.5. The van der Waals surface area contributed by atoms with Crippen LogP contribution in [0.4, 0.5) is 11.6 Å². The van der Waals surface area contributed by atoms with Crippen molar-refractivity contribution in [2.24, 2.45) is 0 Å². The average Bonchev–Trinajstić information content (AvgIpc) is 2.46. The second-order valence-corrected chi connectivity index (χ2v) is 5.18. The standard InChI is InChI=1S/C14H16Cl2N4/c1-17-13-11(15)9-12(16)14(19-13)20(2)8-6-10-5-3-4-7-18-10/h3-5,7,9H,6,8H2,1-2H3,(H,17,19). The number of aromatic nitrogens is 2. The molecule has 2 aromatic rings. The predicted octanol–water partition coefficient (Wildman–Crippen LogP) is 3.50. The van der Waals surface area contributed by atoms with Gasteiger partial charge in [-0.15, -0.1) is 0 Å². The van der Waals surface area contributed by atoms with Crippen LogP contribution < -0.4 is 10.2 Å². The van der Waals surface area contributed by atoms with Gasteiger partial charge < -0.3 is 10.2 Å². The molecule has 106 valence electrons. The molecule has 0 atom stereocenters. The first kappa shape index (κ1) is 14.9. The summed E-state index contributed by atoms with van der Waals surface area (Å²) in [5.74, 6) is 1.33. The molecule has 0 amide bonds. The first-order chi connectivity index (χ1) is 9.61. The van der Waals surface area contributed by atoms with Crippen molar-refractivity contribution in [3.63, 3.8) is 0 Å². The fourth-order valence-electron chi connectivity index (χ4n) is 1.83. The Morgan fingerprint density at radius 3 is 2.70 bits per heavy atom. The van der Waals surface area contributed by atoms with Crippen LogP contribution in [0.15, 0.2) is 30.5 Å². The highest BCUT2D eigenvalue weighted by molar-refractivity contribution is 6.37. The second-order valence-electron chi connectivity index (χ2n) is 4.37. The summed E-state index contributed by atoms with van der Waals surface area (Å²) in [6, 6.07) is 7.59. The number of nitrogens with zero attached hydrogens (tertiary/aromatic N) is 3. The van der Waals surface area contributed by atoms with Crippen LogP contribution in [0.1, 0.15) is 5.69 Å². The van der Waals surface area contributed by atoms with Gasteiger partial charge in [-0.25, -0.2) is 4.98 Å². The molecule has 0 spiro atoms. The highest BCUT2D eigenvalue weighted by Gasteiger charge is 2.12. The van der Waals surface area contributed by atoms with E-state index in [0.717, 1.165) is 18.7 Å². The Balaban J connectivity index is 2.11. The van der Waals surface area contributed by atoms with Gasteiger partial charge in [-0.2, -0.15) is 0 Å². The van der Waals surface area contributed by atoms with Crippen molar-refractivity contribution in [3.8, 4) is 0 Å². The number of anilines is 2. The summed E-state index contributed by atoms with van der Waals surface area (Å²) in [5.41, 5.74) is 1.04. The Morgan fingerprint density at radius 1 is 1.25 bits per heavy atom. The van der Waals surface area contributed by atoms with Gasteiger partial charge in [-0.1, -0.05) is 29.3 Å². The molecule has 2 rings (SSSR count). The Kier molecular flexibility index (Phi) is 5.04. The van der Waals surface area contributed by atoms with Crippen LogP contribution in [0.2, 0.25) is 10.0 Å². The summed E-state index contributed by atoms with van der Waals surface area (Å²) >= 11 is 12.2. The smallest absolute Gasteiger partial charge is 0.149 e. The van der Waals surface area contributed by atoms with Gasteiger partial charge in [0.1, 0.15) is 11.6 Å². The van der Waals surface area contributed by atoms with Crippen LogP contribution in [0.25, 0.3) is 0 Å². The normalized spacial score (nSPS) is 10.4. The van der Waals surface area contributed by atoms with Gasteiger partial charge in [0, 0.05) is 39.0 Å². The molecule has 0 fully saturated rings. The van der Waals surface area contributed by atoms with Gasteiger partial charge >= 0.3 is 0 Å². The van der Waals surface area contributed by atoms with Crippen LogP contribution in [0.3, 0.4) is 0 Å². The molecule has 0 aromatic carbocycles. The van der Waals surface area contributed by atoms with E-state index in [-0.39, 0.29) is 0 Å². The molecule has 20 heavy (non-hydrogen) atoms. The number of likely N-dealkylation sites (N-methyl/N-ethyl adjacent to an activating group) is 1. The molecule has 2 heterocycles. The maximum Gasteiger partial charge on any atom is 0.149 e. The maximum atomic E-state index is 6.20. The lowest BCUT2D eigenvalue weighted by molar-refractivity contribution is 0.839. The highest BCUT2D eigenvalue weighted by atomic mass is 35.5. The molecule has 0 radical (unpaired) electrons. The molecule has 4 nitrogen and oxygen atoms in total. The summed E-state index contributed by atoms with van der Waals surface area (Å²) < 4.78 is 0. The van der Waals surface area contributed by atoms with Crippen LogP contribution in [-0.4, -0.2) is 30.6 Å². The van der Waals surface area contributed by atoms with Gasteiger partial charge in [-0.3, -0.25) is 4.98 Å². The number of nitrogens with one attached hydrogen (secondary N) is 1. The predicted molar refractivity (Wildman–Crippen MR) is 85.0 cm³/mol. The van der Waals surface area contributed by atoms with Gasteiger partial charge in [0.2, 0.25) is 0 Å². The quantitative estimate of drug-likeness (QED) is 0.917. The number of rotatable bonds is 5. The SMILES string of the molecule is CNc1nc(N(C)CCc2ccccn2)c(Cl)cc1Cl. The van der Waals surface area contributed by atoms with E-state index in [2.05, 4.69) is 15.3 Å². The molecule has 0 saturated carbocycles. The summed E-state index contributed by atoms with van der Waals surface area (Å²) in [4.78, 5) is 10.7. The fourth-order valence-corrected chi connectivity index (χ4v) is 2.43. The molecule has 2 aromatic heterocycles. The minimum Gasteiger partial charge on any atom is -0.372 e. The minimum atomic E-state index is 0.513. The summed E-state index contributed by atoms with van der Waals surface area (Å²) in [6.07, 6.45) is 2.62. The average molecular weight is 311 g/mol. The summed E-state index contributed by atoms with van der Waals surface area (Å²) in [6.45, 7) is 0.772. The number of hydrogen-bond donors (Lipinski definition) is 1. The van der Waals surface area contributed by atoms with E-state index in [1.165, 1.54) is 0 Å². The zero-order valence-corrected chi connectivity index (χ0v) is 12.9. The molecule has 0 aliphatic heterocycles. The van der Waals surface area contributed by atoms with E-state index < -0.39 is 0 Å². The van der Waals surface area contributed by atoms with Crippen molar-refractivity contribution in [2.45, 2.75) is 6.42 Å². The lowest BCUT2D eigenvalue weighted by atomic mass is 10.2. The fraction of sp³-hybridized carbons (Fsp3) is 0.286. The van der Waals surface area contributed by atoms with Gasteiger partial charge in [0.05, 0.1) is 10.0 Å².